The fourth-order valence-electron chi connectivity index (χ4n) is 1.21. The highest BCUT2D eigenvalue weighted by molar-refractivity contribution is 5.78. The predicted molar refractivity (Wildman–Crippen MR) is 60.2 cm³/mol. The van der Waals surface area contributed by atoms with Crippen LogP contribution in [0.4, 0.5) is 0 Å². The van der Waals surface area contributed by atoms with Crippen molar-refractivity contribution in [3.63, 3.8) is 0 Å². The molecule has 4 heteroatoms. The van der Waals surface area contributed by atoms with Gasteiger partial charge in [-0.15, -0.1) is 0 Å². The summed E-state index contributed by atoms with van der Waals surface area (Å²) in [6, 6.07) is 1.86. The van der Waals surface area contributed by atoms with E-state index in [0.29, 0.717) is 6.54 Å². The summed E-state index contributed by atoms with van der Waals surface area (Å²) in [7, 11) is 0. The first kappa shape index (κ1) is 13.9. The van der Waals surface area contributed by atoms with E-state index in [1.807, 2.05) is 6.07 Å². The van der Waals surface area contributed by atoms with E-state index in [2.05, 4.69) is 24.5 Å². The number of hydrogen-bond donors (Lipinski definition) is 2. The Morgan fingerprint density at radius 3 is 2.73 bits per heavy atom. The van der Waals surface area contributed by atoms with Crippen molar-refractivity contribution in [1.82, 2.24) is 10.6 Å². The van der Waals surface area contributed by atoms with Gasteiger partial charge in [-0.1, -0.05) is 26.7 Å². The molecule has 0 aliphatic heterocycles. The van der Waals surface area contributed by atoms with E-state index in [9.17, 15) is 4.79 Å². The van der Waals surface area contributed by atoms with Crippen LogP contribution in [0, 0.1) is 17.2 Å². The van der Waals surface area contributed by atoms with E-state index in [1.165, 1.54) is 12.8 Å². The van der Waals surface area contributed by atoms with E-state index in [-0.39, 0.29) is 12.5 Å². The molecule has 0 unspecified atom stereocenters. The Bertz CT molecular complexity index is 208. The molecule has 86 valence electrons. The van der Waals surface area contributed by atoms with Crippen LogP contribution in [0.25, 0.3) is 0 Å². The van der Waals surface area contributed by atoms with Crippen LogP contribution in [0.5, 0.6) is 0 Å². The molecular weight excluding hydrogens is 190 g/mol. The topological polar surface area (TPSA) is 64.9 Å². The highest BCUT2D eigenvalue weighted by atomic mass is 16.1. The van der Waals surface area contributed by atoms with Gasteiger partial charge in [0.2, 0.25) is 5.91 Å². The van der Waals surface area contributed by atoms with Crippen molar-refractivity contribution in [3.05, 3.63) is 0 Å². The molecule has 0 aliphatic carbocycles. The number of nitrogens with zero attached hydrogens (tertiary/aromatic N) is 1. The third-order valence-electron chi connectivity index (χ3n) is 2.04. The molecule has 0 fully saturated rings. The van der Waals surface area contributed by atoms with Gasteiger partial charge in [0.25, 0.3) is 0 Å². The number of unbranched alkanes of at least 4 members (excludes halogenated alkanes) is 1. The Hall–Kier alpha value is -1.08. The second-order valence-corrected chi connectivity index (χ2v) is 4.00. The summed E-state index contributed by atoms with van der Waals surface area (Å²) in [6.07, 6.45) is 3.54. The molecule has 15 heavy (non-hydrogen) atoms. The van der Waals surface area contributed by atoms with E-state index in [1.54, 1.807) is 0 Å². The van der Waals surface area contributed by atoms with Crippen molar-refractivity contribution in [3.8, 4) is 6.07 Å². The highest BCUT2D eigenvalue weighted by Gasteiger charge is 1.98. The van der Waals surface area contributed by atoms with E-state index in [4.69, 9.17) is 5.26 Å². The number of rotatable bonds is 8. The minimum absolute atomic E-state index is 0.0911. The van der Waals surface area contributed by atoms with E-state index >= 15 is 0 Å². The van der Waals surface area contributed by atoms with Gasteiger partial charge in [0, 0.05) is 0 Å². The van der Waals surface area contributed by atoms with Crippen LogP contribution in [0.15, 0.2) is 0 Å². The van der Waals surface area contributed by atoms with Crippen molar-refractivity contribution < 1.29 is 4.79 Å². The summed E-state index contributed by atoms with van der Waals surface area (Å²) in [4.78, 5) is 11.0. The third kappa shape index (κ3) is 10.8. The normalized spacial score (nSPS) is 10.0. The molecule has 0 spiro atoms. The average Bonchev–Trinajstić information content (AvgIpc) is 2.19. The van der Waals surface area contributed by atoms with Crippen LogP contribution >= 0.6 is 0 Å². The maximum absolute atomic E-state index is 11.0. The van der Waals surface area contributed by atoms with Crippen molar-refractivity contribution in [1.29, 1.82) is 5.26 Å². The van der Waals surface area contributed by atoms with Crippen LogP contribution in [-0.4, -0.2) is 25.5 Å². The Balaban J connectivity index is 3.17. The molecule has 4 nitrogen and oxygen atoms in total. The standard InChI is InChI=1S/C11H21N3O/c1-10(2)5-3-4-7-13-9-11(15)14-8-6-12/h10,13H,3-5,7-9H2,1-2H3,(H,14,15). The van der Waals surface area contributed by atoms with Gasteiger partial charge in [-0.3, -0.25) is 4.79 Å². The van der Waals surface area contributed by atoms with Gasteiger partial charge in [-0.2, -0.15) is 5.26 Å². The first-order chi connectivity index (χ1) is 7.16. The summed E-state index contributed by atoms with van der Waals surface area (Å²) < 4.78 is 0. The summed E-state index contributed by atoms with van der Waals surface area (Å²) in [5, 5.41) is 13.7. The molecule has 0 rings (SSSR count). The van der Waals surface area contributed by atoms with Crippen molar-refractivity contribution >= 4 is 5.91 Å². The Morgan fingerprint density at radius 1 is 1.40 bits per heavy atom. The van der Waals surface area contributed by atoms with Gasteiger partial charge in [0.15, 0.2) is 0 Å². The molecule has 0 aromatic rings. The van der Waals surface area contributed by atoms with Gasteiger partial charge in [0.05, 0.1) is 12.6 Å². The first-order valence-corrected chi connectivity index (χ1v) is 5.51. The monoisotopic (exact) mass is 211 g/mol. The number of carbonyl (C=O) groups excluding carboxylic acids is 1. The van der Waals surface area contributed by atoms with E-state index < -0.39 is 0 Å². The van der Waals surface area contributed by atoms with E-state index in [0.717, 1.165) is 18.9 Å². The SMILES string of the molecule is CC(C)CCCCNCC(=O)NCC#N. The van der Waals surface area contributed by atoms with Crippen molar-refractivity contribution in [2.45, 2.75) is 33.1 Å². The molecule has 0 saturated heterocycles. The lowest BCUT2D eigenvalue weighted by molar-refractivity contribution is -0.120. The fraction of sp³-hybridized carbons (Fsp3) is 0.818. The molecule has 0 aromatic carbocycles. The molecule has 0 radical (unpaired) electrons. The van der Waals surface area contributed by atoms with Crippen LogP contribution in [-0.2, 0) is 4.79 Å². The Morgan fingerprint density at radius 2 is 2.13 bits per heavy atom. The molecule has 0 saturated carbocycles. The minimum atomic E-state index is -0.111. The lowest BCUT2D eigenvalue weighted by atomic mass is 10.1. The average molecular weight is 211 g/mol. The van der Waals surface area contributed by atoms with Gasteiger partial charge >= 0.3 is 0 Å². The lowest BCUT2D eigenvalue weighted by Gasteiger charge is -2.05. The summed E-state index contributed by atoms with van der Waals surface area (Å²) in [5.41, 5.74) is 0. The molecule has 0 aromatic heterocycles. The van der Waals surface area contributed by atoms with Gasteiger partial charge in [-0.05, 0) is 18.9 Å². The minimum Gasteiger partial charge on any atom is -0.342 e. The fourth-order valence-corrected chi connectivity index (χ4v) is 1.21. The highest BCUT2D eigenvalue weighted by Crippen LogP contribution is 2.04. The largest absolute Gasteiger partial charge is 0.342 e. The zero-order valence-corrected chi connectivity index (χ0v) is 9.68. The number of nitrogens with one attached hydrogen (secondary N) is 2. The molecule has 1 amide bonds. The Labute approximate surface area is 92.0 Å². The first-order valence-electron chi connectivity index (χ1n) is 5.51. The number of nitriles is 1. The second-order valence-electron chi connectivity index (χ2n) is 4.00. The van der Waals surface area contributed by atoms with Crippen molar-refractivity contribution in [2.75, 3.05) is 19.6 Å². The number of carbonyl (C=O) groups is 1. The molecule has 0 heterocycles. The zero-order chi connectivity index (χ0) is 11.5. The molecule has 0 bridgehead atoms. The third-order valence-corrected chi connectivity index (χ3v) is 2.04. The summed E-state index contributed by atoms with van der Waals surface area (Å²) >= 11 is 0. The smallest absolute Gasteiger partial charge is 0.234 e. The Kier molecular flexibility index (Phi) is 8.79. The molecule has 2 N–H and O–H groups in total. The molecule has 0 atom stereocenters. The van der Waals surface area contributed by atoms with Crippen LogP contribution in [0.3, 0.4) is 0 Å². The van der Waals surface area contributed by atoms with Crippen LogP contribution in [0.2, 0.25) is 0 Å². The summed E-state index contributed by atoms with van der Waals surface area (Å²) in [6.45, 7) is 5.69. The second kappa shape index (κ2) is 9.47. The van der Waals surface area contributed by atoms with Gasteiger partial charge < -0.3 is 10.6 Å². The van der Waals surface area contributed by atoms with Crippen LogP contribution in [0.1, 0.15) is 33.1 Å². The zero-order valence-electron chi connectivity index (χ0n) is 9.68. The quantitative estimate of drug-likeness (QED) is 0.466. The predicted octanol–water partition coefficient (Wildman–Crippen LogP) is 1.04. The lowest BCUT2D eigenvalue weighted by Crippen LogP contribution is -2.34. The number of hydrogen-bond acceptors (Lipinski definition) is 3. The maximum Gasteiger partial charge on any atom is 0.234 e. The molecular formula is C11H21N3O. The number of amides is 1. The molecule has 0 aliphatic rings. The van der Waals surface area contributed by atoms with Gasteiger partial charge in [-0.25, -0.2) is 0 Å². The maximum atomic E-state index is 11.0. The van der Waals surface area contributed by atoms with Crippen molar-refractivity contribution in [2.24, 2.45) is 5.92 Å². The van der Waals surface area contributed by atoms with Gasteiger partial charge in [0.1, 0.15) is 6.54 Å². The van der Waals surface area contributed by atoms with Crippen LogP contribution < -0.4 is 10.6 Å². The summed E-state index contributed by atoms with van der Waals surface area (Å²) in [5.74, 6) is 0.643.